The standard InChI is InChI=1S/C19H28N4O.HI/c1-3-20-19(23-11-9-22(10-12-23)15(2)24)21-14-17-13-18(17)16-7-5-4-6-8-16;/h4-8,17-18H,3,9-14H2,1-2H3,(H,20,21);1H. The summed E-state index contributed by atoms with van der Waals surface area (Å²) in [5.41, 5.74) is 1.44. The molecule has 1 aliphatic carbocycles. The second-order valence-corrected chi connectivity index (χ2v) is 6.70. The molecule has 5 nitrogen and oxygen atoms in total. The van der Waals surface area contributed by atoms with E-state index in [1.807, 2.05) is 4.90 Å². The normalized spacial score (nSPS) is 23.0. The van der Waals surface area contributed by atoms with Gasteiger partial charge in [-0.3, -0.25) is 9.79 Å². The first-order valence-electron chi connectivity index (χ1n) is 9.02. The zero-order valence-corrected chi connectivity index (χ0v) is 17.5. The van der Waals surface area contributed by atoms with Crippen LogP contribution in [0.5, 0.6) is 0 Å². The highest BCUT2D eigenvalue weighted by Crippen LogP contribution is 2.47. The van der Waals surface area contributed by atoms with Crippen LogP contribution in [0.1, 0.15) is 31.7 Å². The van der Waals surface area contributed by atoms with Gasteiger partial charge in [0.25, 0.3) is 0 Å². The molecule has 25 heavy (non-hydrogen) atoms. The summed E-state index contributed by atoms with van der Waals surface area (Å²) in [6, 6.07) is 10.8. The molecule has 2 unspecified atom stereocenters. The molecular weight excluding hydrogens is 427 g/mol. The van der Waals surface area contributed by atoms with E-state index in [1.54, 1.807) is 6.92 Å². The van der Waals surface area contributed by atoms with Crippen LogP contribution in [0, 0.1) is 5.92 Å². The van der Waals surface area contributed by atoms with Gasteiger partial charge in [-0.05, 0) is 30.7 Å². The fourth-order valence-corrected chi connectivity index (χ4v) is 3.42. The summed E-state index contributed by atoms with van der Waals surface area (Å²) in [6.45, 7) is 8.80. The third-order valence-corrected chi connectivity index (χ3v) is 4.99. The van der Waals surface area contributed by atoms with Crippen molar-refractivity contribution in [2.45, 2.75) is 26.2 Å². The first kappa shape index (κ1) is 20.0. The van der Waals surface area contributed by atoms with E-state index in [1.165, 1.54) is 12.0 Å². The molecule has 1 aromatic carbocycles. The van der Waals surface area contributed by atoms with Crippen molar-refractivity contribution in [1.29, 1.82) is 0 Å². The number of carbonyl (C=O) groups is 1. The number of hydrogen-bond acceptors (Lipinski definition) is 2. The van der Waals surface area contributed by atoms with Crippen molar-refractivity contribution in [3.63, 3.8) is 0 Å². The molecule has 2 aliphatic rings. The minimum absolute atomic E-state index is 0. The van der Waals surface area contributed by atoms with Crippen LogP contribution >= 0.6 is 24.0 Å². The molecule has 0 radical (unpaired) electrons. The molecule has 3 rings (SSSR count). The molecule has 1 heterocycles. The summed E-state index contributed by atoms with van der Waals surface area (Å²) in [6.07, 6.45) is 1.24. The Labute approximate surface area is 167 Å². The number of guanidine groups is 1. The molecule has 1 aliphatic heterocycles. The summed E-state index contributed by atoms with van der Waals surface area (Å²) in [7, 11) is 0. The van der Waals surface area contributed by atoms with Crippen molar-refractivity contribution >= 4 is 35.8 Å². The Balaban J connectivity index is 0.00000225. The van der Waals surface area contributed by atoms with Crippen LogP contribution in [-0.4, -0.2) is 60.9 Å². The maximum Gasteiger partial charge on any atom is 0.219 e. The molecule has 0 bridgehead atoms. The zero-order chi connectivity index (χ0) is 16.9. The van der Waals surface area contributed by atoms with E-state index in [9.17, 15) is 4.79 Å². The largest absolute Gasteiger partial charge is 0.357 e. The molecule has 1 amide bonds. The third-order valence-electron chi connectivity index (χ3n) is 4.99. The first-order valence-corrected chi connectivity index (χ1v) is 9.02. The molecule has 0 aromatic heterocycles. The summed E-state index contributed by atoms with van der Waals surface area (Å²) in [4.78, 5) is 20.5. The van der Waals surface area contributed by atoms with Gasteiger partial charge in [0.2, 0.25) is 5.91 Å². The minimum Gasteiger partial charge on any atom is -0.357 e. The zero-order valence-electron chi connectivity index (χ0n) is 15.1. The number of halogens is 1. The topological polar surface area (TPSA) is 47.9 Å². The van der Waals surface area contributed by atoms with Crippen molar-refractivity contribution in [2.24, 2.45) is 10.9 Å². The quantitative estimate of drug-likeness (QED) is 0.431. The Kier molecular flexibility index (Phi) is 7.53. The van der Waals surface area contributed by atoms with Crippen molar-refractivity contribution in [3.05, 3.63) is 35.9 Å². The van der Waals surface area contributed by atoms with Gasteiger partial charge in [-0.1, -0.05) is 30.3 Å². The Bertz CT molecular complexity index is 584. The number of piperazine rings is 1. The first-order chi connectivity index (χ1) is 11.7. The summed E-state index contributed by atoms with van der Waals surface area (Å²) in [5.74, 6) is 2.51. The van der Waals surface area contributed by atoms with Crippen molar-refractivity contribution in [2.75, 3.05) is 39.3 Å². The van der Waals surface area contributed by atoms with Crippen LogP contribution in [0.4, 0.5) is 0 Å². The molecular formula is C19H29IN4O. The van der Waals surface area contributed by atoms with Crippen molar-refractivity contribution in [3.8, 4) is 0 Å². The second-order valence-electron chi connectivity index (χ2n) is 6.70. The van der Waals surface area contributed by atoms with Gasteiger partial charge in [0.05, 0.1) is 0 Å². The van der Waals surface area contributed by atoms with Gasteiger partial charge in [-0.25, -0.2) is 0 Å². The monoisotopic (exact) mass is 456 g/mol. The van der Waals surface area contributed by atoms with E-state index in [0.717, 1.165) is 45.2 Å². The number of amides is 1. The Hall–Kier alpha value is -1.31. The summed E-state index contributed by atoms with van der Waals surface area (Å²) >= 11 is 0. The average Bonchev–Trinajstić information content (AvgIpc) is 3.39. The van der Waals surface area contributed by atoms with E-state index >= 15 is 0 Å². The van der Waals surface area contributed by atoms with Crippen LogP contribution in [0.2, 0.25) is 0 Å². The molecule has 1 saturated carbocycles. The van der Waals surface area contributed by atoms with Gasteiger partial charge in [0.1, 0.15) is 0 Å². The minimum atomic E-state index is 0. The highest BCUT2D eigenvalue weighted by atomic mass is 127. The van der Waals surface area contributed by atoms with Crippen molar-refractivity contribution < 1.29 is 4.79 Å². The van der Waals surface area contributed by atoms with E-state index in [-0.39, 0.29) is 29.9 Å². The Morgan fingerprint density at radius 1 is 1.16 bits per heavy atom. The van der Waals surface area contributed by atoms with Crippen LogP contribution in [0.3, 0.4) is 0 Å². The number of rotatable bonds is 4. The van der Waals surface area contributed by atoms with Gasteiger partial charge in [-0.15, -0.1) is 24.0 Å². The molecule has 0 spiro atoms. The predicted octanol–water partition coefficient (Wildman–Crippen LogP) is 2.54. The lowest BCUT2D eigenvalue weighted by molar-refractivity contribution is -0.130. The number of hydrogen-bond donors (Lipinski definition) is 1. The molecule has 1 aromatic rings. The van der Waals surface area contributed by atoms with Crippen LogP contribution in [0.15, 0.2) is 35.3 Å². The molecule has 1 N–H and O–H groups in total. The maximum absolute atomic E-state index is 11.5. The molecule has 6 heteroatoms. The second kappa shape index (κ2) is 9.40. The lowest BCUT2D eigenvalue weighted by atomic mass is 10.1. The van der Waals surface area contributed by atoms with E-state index < -0.39 is 0 Å². The van der Waals surface area contributed by atoms with Gasteiger partial charge < -0.3 is 15.1 Å². The molecule has 138 valence electrons. The average molecular weight is 456 g/mol. The lowest BCUT2D eigenvalue weighted by Crippen LogP contribution is -2.53. The molecule has 2 fully saturated rings. The number of carbonyl (C=O) groups excluding carboxylic acids is 1. The molecule has 1 saturated heterocycles. The number of nitrogens with one attached hydrogen (secondary N) is 1. The smallest absolute Gasteiger partial charge is 0.219 e. The fourth-order valence-electron chi connectivity index (χ4n) is 3.42. The summed E-state index contributed by atoms with van der Waals surface area (Å²) in [5, 5.41) is 3.41. The Morgan fingerprint density at radius 3 is 2.40 bits per heavy atom. The van der Waals surface area contributed by atoms with Crippen LogP contribution in [-0.2, 0) is 4.79 Å². The lowest BCUT2D eigenvalue weighted by Gasteiger charge is -2.36. The van der Waals surface area contributed by atoms with Gasteiger partial charge in [0, 0.05) is 46.2 Å². The highest BCUT2D eigenvalue weighted by molar-refractivity contribution is 14.0. The van der Waals surface area contributed by atoms with Crippen LogP contribution in [0.25, 0.3) is 0 Å². The third kappa shape index (κ3) is 5.33. The summed E-state index contributed by atoms with van der Waals surface area (Å²) < 4.78 is 0. The van der Waals surface area contributed by atoms with Gasteiger partial charge in [-0.2, -0.15) is 0 Å². The SMILES string of the molecule is CCNC(=NCC1CC1c1ccccc1)N1CCN(C(C)=O)CC1.I. The van der Waals surface area contributed by atoms with E-state index in [0.29, 0.717) is 11.8 Å². The van der Waals surface area contributed by atoms with E-state index in [4.69, 9.17) is 4.99 Å². The van der Waals surface area contributed by atoms with Gasteiger partial charge >= 0.3 is 0 Å². The van der Waals surface area contributed by atoms with Crippen LogP contribution < -0.4 is 5.32 Å². The maximum atomic E-state index is 11.5. The van der Waals surface area contributed by atoms with E-state index in [2.05, 4.69) is 47.5 Å². The molecule has 2 atom stereocenters. The number of aliphatic imine (C=N–C) groups is 1. The number of nitrogens with zero attached hydrogens (tertiary/aromatic N) is 3. The predicted molar refractivity (Wildman–Crippen MR) is 113 cm³/mol. The Morgan fingerprint density at radius 2 is 1.80 bits per heavy atom. The highest BCUT2D eigenvalue weighted by Gasteiger charge is 2.38. The fraction of sp³-hybridized carbons (Fsp3) is 0.579. The van der Waals surface area contributed by atoms with Gasteiger partial charge in [0.15, 0.2) is 5.96 Å². The van der Waals surface area contributed by atoms with Crippen molar-refractivity contribution in [1.82, 2.24) is 15.1 Å². The number of benzene rings is 1.